The fourth-order valence-electron chi connectivity index (χ4n) is 6.63. The van der Waals surface area contributed by atoms with E-state index in [9.17, 15) is 9.59 Å². The van der Waals surface area contributed by atoms with Crippen molar-refractivity contribution in [3.05, 3.63) is 102 Å². The van der Waals surface area contributed by atoms with Gasteiger partial charge in [-0.3, -0.25) is 4.79 Å². The minimum absolute atomic E-state index is 0.214. The Balaban J connectivity index is 1.48. The van der Waals surface area contributed by atoms with Gasteiger partial charge in [-0.25, -0.2) is 4.79 Å². The number of aromatic nitrogens is 1. The molecule has 6 rings (SSSR count). The molecule has 0 amide bonds. The summed E-state index contributed by atoms with van der Waals surface area (Å²) in [7, 11) is 0. The zero-order valence-electron chi connectivity index (χ0n) is 22.9. The summed E-state index contributed by atoms with van der Waals surface area (Å²) < 4.78 is 8.56. The number of hydrogen-bond donors (Lipinski definition) is 1. The maximum absolute atomic E-state index is 14.5. The Morgan fingerprint density at radius 3 is 2.49 bits per heavy atom. The highest BCUT2D eigenvalue weighted by molar-refractivity contribution is 6.26. The number of esters is 1. The number of rotatable bonds is 6. The van der Waals surface area contributed by atoms with Crippen LogP contribution in [-0.2, 0) is 21.6 Å². The maximum Gasteiger partial charge on any atom is 0.345 e. The van der Waals surface area contributed by atoms with E-state index in [0.29, 0.717) is 35.2 Å². The molecular formula is C34H36N2O3. The van der Waals surface area contributed by atoms with Crippen molar-refractivity contribution in [2.75, 3.05) is 5.32 Å². The topological polar surface area (TPSA) is 60.3 Å². The van der Waals surface area contributed by atoms with Gasteiger partial charge in [-0.05, 0) is 54.4 Å². The number of carbonyl (C=O) groups is 2. The lowest BCUT2D eigenvalue weighted by Gasteiger charge is -2.38. The van der Waals surface area contributed by atoms with Gasteiger partial charge < -0.3 is 14.6 Å². The number of nitrogens with one attached hydrogen (secondary N) is 1. The molecule has 1 fully saturated rings. The molecular weight excluding hydrogens is 484 g/mol. The lowest BCUT2D eigenvalue weighted by molar-refractivity contribution is -0.159. The first-order valence-corrected chi connectivity index (χ1v) is 14.1. The lowest BCUT2D eigenvalue weighted by Crippen LogP contribution is -2.50. The summed E-state index contributed by atoms with van der Waals surface area (Å²) in [5.41, 5.74) is 2.30. The van der Waals surface area contributed by atoms with Crippen LogP contribution in [0.25, 0.3) is 10.9 Å². The van der Waals surface area contributed by atoms with Crippen LogP contribution in [0.1, 0.15) is 61.5 Å². The summed E-state index contributed by atoms with van der Waals surface area (Å²) >= 11 is 0. The van der Waals surface area contributed by atoms with Crippen LogP contribution >= 0.6 is 0 Å². The third-order valence-corrected chi connectivity index (χ3v) is 8.75. The van der Waals surface area contributed by atoms with Crippen LogP contribution in [0.5, 0.6) is 0 Å². The first-order chi connectivity index (χ1) is 18.9. The van der Waals surface area contributed by atoms with E-state index in [1.807, 2.05) is 66.9 Å². The summed E-state index contributed by atoms with van der Waals surface area (Å²) in [6, 6.07) is 25.6. The molecule has 200 valence electrons. The fourth-order valence-corrected chi connectivity index (χ4v) is 6.63. The fraction of sp³-hybridized carbons (Fsp3) is 0.353. The summed E-state index contributed by atoms with van der Waals surface area (Å²) in [6.45, 7) is 7.24. The summed E-state index contributed by atoms with van der Waals surface area (Å²) in [6.07, 6.45) is 4.74. The first kappa shape index (κ1) is 25.4. The van der Waals surface area contributed by atoms with Crippen LogP contribution in [0.2, 0.25) is 0 Å². The molecule has 3 unspecified atom stereocenters. The van der Waals surface area contributed by atoms with Gasteiger partial charge in [0.05, 0.1) is 0 Å². The average Bonchev–Trinajstić information content (AvgIpc) is 3.45. The Kier molecular flexibility index (Phi) is 6.54. The molecule has 4 aromatic rings. The molecule has 2 heterocycles. The van der Waals surface area contributed by atoms with Gasteiger partial charge in [0.1, 0.15) is 6.10 Å². The van der Waals surface area contributed by atoms with Crippen molar-refractivity contribution in [1.82, 2.24) is 4.57 Å². The standard InChI is InChI=1S/C34H36N2O3/c1-22(2)25-18-17-23(3)19-31(25)39-33(38)34(32(37)27-14-7-9-15-29(27)35-34)28-21-36(20-24-11-5-4-6-12-24)30-16-10-8-13-26(28)30/h4-16,21-23,25,31,35H,17-20H2,1-3H3/t23?,25?,31?,34-/m1/s1. The normalized spacial score (nSPS) is 24.5. The van der Waals surface area contributed by atoms with Crippen LogP contribution in [0.3, 0.4) is 0 Å². The molecule has 2 aliphatic rings. The van der Waals surface area contributed by atoms with Gasteiger partial charge in [0, 0.05) is 40.5 Å². The largest absolute Gasteiger partial charge is 0.460 e. The van der Waals surface area contributed by atoms with E-state index < -0.39 is 11.5 Å². The van der Waals surface area contributed by atoms with Gasteiger partial charge in [-0.1, -0.05) is 87.9 Å². The molecule has 1 N–H and O–H groups in total. The van der Waals surface area contributed by atoms with Gasteiger partial charge >= 0.3 is 5.97 Å². The minimum atomic E-state index is -1.65. The quantitative estimate of drug-likeness (QED) is 0.216. The lowest BCUT2D eigenvalue weighted by atomic mass is 9.75. The number of nitrogens with zero attached hydrogens (tertiary/aromatic N) is 1. The van der Waals surface area contributed by atoms with Crippen molar-refractivity contribution in [1.29, 1.82) is 0 Å². The Hall–Kier alpha value is -3.86. The van der Waals surface area contributed by atoms with Crippen molar-refractivity contribution in [2.24, 2.45) is 17.8 Å². The number of para-hydroxylation sites is 2. The number of ether oxygens (including phenoxy) is 1. The molecule has 5 nitrogen and oxygen atoms in total. The summed E-state index contributed by atoms with van der Waals surface area (Å²) in [5, 5.41) is 4.26. The zero-order chi connectivity index (χ0) is 27.1. The molecule has 1 aromatic heterocycles. The predicted octanol–water partition coefficient (Wildman–Crippen LogP) is 7.20. The molecule has 0 saturated heterocycles. The van der Waals surface area contributed by atoms with E-state index in [1.54, 1.807) is 6.07 Å². The van der Waals surface area contributed by atoms with E-state index in [-0.39, 0.29) is 17.8 Å². The molecule has 0 radical (unpaired) electrons. The van der Waals surface area contributed by atoms with Crippen molar-refractivity contribution in [2.45, 2.75) is 58.2 Å². The molecule has 1 aliphatic carbocycles. The Labute approximate surface area is 230 Å². The third-order valence-electron chi connectivity index (χ3n) is 8.75. The SMILES string of the molecule is CC1CCC(C(C)C)C(OC(=O)[C@]2(c3cn(Cc4ccccc4)c4ccccc34)Nc3ccccc3C2=O)C1. The van der Waals surface area contributed by atoms with Crippen molar-refractivity contribution in [3.63, 3.8) is 0 Å². The van der Waals surface area contributed by atoms with Crippen molar-refractivity contribution >= 4 is 28.3 Å². The smallest absolute Gasteiger partial charge is 0.345 e. The van der Waals surface area contributed by atoms with E-state index in [1.165, 1.54) is 0 Å². The minimum Gasteiger partial charge on any atom is -0.460 e. The number of benzene rings is 3. The van der Waals surface area contributed by atoms with Crippen LogP contribution in [-0.4, -0.2) is 22.4 Å². The number of fused-ring (bicyclic) bond motifs is 2. The van der Waals surface area contributed by atoms with Crippen LogP contribution in [0.15, 0.2) is 85.1 Å². The predicted molar refractivity (Wildman–Crippen MR) is 155 cm³/mol. The summed E-state index contributed by atoms with van der Waals surface area (Å²) in [5.74, 6) is 0.390. The molecule has 4 atom stereocenters. The monoisotopic (exact) mass is 520 g/mol. The van der Waals surface area contributed by atoms with Gasteiger partial charge in [-0.2, -0.15) is 0 Å². The number of hydrogen-bond acceptors (Lipinski definition) is 4. The second-order valence-corrected chi connectivity index (χ2v) is 11.7. The molecule has 0 bridgehead atoms. The highest BCUT2D eigenvalue weighted by Crippen LogP contribution is 2.45. The molecule has 0 spiro atoms. The number of Topliss-reactive ketones (excluding diaryl/α,β-unsaturated/α-hetero) is 1. The van der Waals surface area contributed by atoms with E-state index >= 15 is 0 Å². The van der Waals surface area contributed by atoms with E-state index in [4.69, 9.17) is 4.74 Å². The number of carbonyl (C=O) groups excluding carboxylic acids is 2. The Morgan fingerprint density at radius 2 is 1.72 bits per heavy atom. The molecule has 1 saturated carbocycles. The maximum atomic E-state index is 14.5. The molecule has 39 heavy (non-hydrogen) atoms. The molecule has 5 heteroatoms. The molecule has 1 aliphatic heterocycles. The van der Waals surface area contributed by atoms with Crippen molar-refractivity contribution < 1.29 is 14.3 Å². The van der Waals surface area contributed by atoms with Gasteiger partial charge in [-0.15, -0.1) is 0 Å². The van der Waals surface area contributed by atoms with Crippen molar-refractivity contribution in [3.8, 4) is 0 Å². The molecule has 3 aromatic carbocycles. The van der Waals surface area contributed by atoms with Gasteiger partial charge in [0.15, 0.2) is 0 Å². The van der Waals surface area contributed by atoms with Crippen LogP contribution < -0.4 is 5.32 Å². The van der Waals surface area contributed by atoms with Crippen LogP contribution in [0, 0.1) is 17.8 Å². The zero-order valence-corrected chi connectivity index (χ0v) is 22.9. The Bertz CT molecular complexity index is 1520. The first-order valence-electron chi connectivity index (χ1n) is 14.1. The Morgan fingerprint density at radius 1 is 1.00 bits per heavy atom. The van der Waals surface area contributed by atoms with Gasteiger partial charge in [0.25, 0.3) is 0 Å². The van der Waals surface area contributed by atoms with Gasteiger partial charge in [0.2, 0.25) is 11.3 Å². The van der Waals surface area contributed by atoms with E-state index in [0.717, 1.165) is 35.7 Å². The second kappa shape index (κ2) is 10.0. The third kappa shape index (κ3) is 4.34. The highest BCUT2D eigenvalue weighted by atomic mass is 16.5. The second-order valence-electron chi connectivity index (χ2n) is 11.7. The number of ketones is 1. The summed E-state index contributed by atoms with van der Waals surface area (Å²) in [4.78, 5) is 28.8. The van der Waals surface area contributed by atoms with E-state index in [2.05, 4.69) is 42.8 Å². The highest BCUT2D eigenvalue weighted by Gasteiger charge is 2.56. The number of anilines is 1. The average molecular weight is 521 g/mol. The van der Waals surface area contributed by atoms with Crippen LogP contribution in [0.4, 0.5) is 5.69 Å².